The predicted octanol–water partition coefficient (Wildman–Crippen LogP) is 2.86. The smallest absolute Gasteiger partial charge is 0.241 e. The summed E-state index contributed by atoms with van der Waals surface area (Å²) in [5.74, 6) is 0.907. The van der Waals surface area contributed by atoms with Crippen molar-refractivity contribution in [2.45, 2.75) is 19.9 Å². The van der Waals surface area contributed by atoms with Gasteiger partial charge in [0.1, 0.15) is 11.5 Å². The van der Waals surface area contributed by atoms with Crippen LogP contribution in [0.3, 0.4) is 0 Å². The molecule has 1 heterocycles. The van der Waals surface area contributed by atoms with Crippen LogP contribution in [0.4, 0.5) is 11.4 Å². The number of amides is 1. The lowest BCUT2D eigenvalue weighted by atomic mass is 10.1. The van der Waals surface area contributed by atoms with Crippen molar-refractivity contribution in [1.82, 2.24) is 4.90 Å². The van der Waals surface area contributed by atoms with E-state index in [4.69, 9.17) is 4.74 Å². The van der Waals surface area contributed by atoms with Gasteiger partial charge < -0.3 is 20.1 Å². The van der Waals surface area contributed by atoms with Crippen LogP contribution in [-0.4, -0.2) is 55.2 Å². The summed E-state index contributed by atoms with van der Waals surface area (Å²) in [6, 6.07) is 12.8. The topological polar surface area (TPSA) is 65.0 Å². The van der Waals surface area contributed by atoms with Gasteiger partial charge in [0.25, 0.3) is 0 Å². The molecule has 2 aromatic rings. The molecule has 0 aliphatic carbocycles. The number of hydrogen-bond donors (Lipinski definition) is 2. The van der Waals surface area contributed by atoms with E-state index in [1.165, 1.54) is 0 Å². The monoisotopic (exact) mass is 369 g/mol. The Kier molecular flexibility index (Phi) is 5.86. The number of phenolic OH excluding ortho intramolecular Hbond substituents is 1. The number of rotatable bonds is 5. The lowest BCUT2D eigenvalue weighted by Crippen LogP contribution is -2.52. The van der Waals surface area contributed by atoms with Crippen LogP contribution in [0.15, 0.2) is 42.5 Å². The molecule has 1 amide bonds. The SMILES string of the molecule is COc1ccc(C)cc1NC(=O)C(C)N1CCN(c2ccc(O)cc2)CC1. The van der Waals surface area contributed by atoms with E-state index < -0.39 is 0 Å². The van der Waals surface area contributed by atoms with Crippen molar-refractivity contribution in [2.75, 3.05) is 43.5 Å². The second-order valence-corrected chi connectivity index (χ2v) is 6.91. The van der Waals surface area contributed by atoms with E-state index in [0.29, 0.717) is 11.4 Å². The van der Waals surface area contributed by atoms with Crippen LogP contribution in [0.1, 0.15) is 12.5 Å². The van der Waals surface area contributed by atoms with Crippen LogP contribution in [0.5, 0.6) is 11.5 Å². The van der Waals surface area contributed by atoms with Gasteiger partial charge in [0.05, 0.1) is 18.8 Å². The molecule has 1 aliphatic rings. The van der Waals surface area contributed by atoms with E-state index in [1.54, 1.807) is 19.2 Å². The number of carbonyl (C=O) groups excluding carboxylic acids is 1. The highest BCUT2D eigenvalue weighted by molar-refractivity contribution is 5.96. The number of phenols is 1. The Morgan fingerprint density at radius 3 is 2.41 bits per heavy atom. The van der Waals surface area contributed by atoms with Gasteiger partial charge >= 0.3 is 0 Å². The molecular formula is C21H27N3O3. The fourth-order valence-electron chi connectivity index (χ4n) is 3.35. The maximum Gasteiger partial charge on any atom is 0.241 e. The number of aromatic hydroxyl groups is 1. The van der Waals surface area contributed by atoms with E-state index in [-0.39, 0.29) is 17.7 Å². The Balaban J connectivity index is 1.58. The average Bonchev–Trinajstić information content (AvgIpc) is 2.68. The molecule has 2 aromatic carbocycles. The van der Waals surface area contributed by atoms with E-state index in [2.05, 4.69) is 15.1 Å². The van der Waals surface area contributed by atoms with Crippen molar-refractivity contribution in [3.63, 3.8) is 0 Å². The molecule has 0 radical (unpaired) electrons. The Morgan fingerprint density at radius 2 is 1.78 bits per heavy atom. The molecule has 6 nitrogen and oxygen atoms in total. The summed E-state index contributed by atoms with van der Waals surface area (Å²) >= 11 is 0. The maximum absolute atomic E-state index is 12.7. The van der Waals surface area contributed by atoms with Crippen molar-refractivity contribution >= 4 is 17.3 Å². The summed E-state index contributed by atoms with van der Waals surface area (Å²) in [6.45, 7) is 7.22. The summed E-state index contributed by atoms with van der Waals surface area (Å²) in [6.07, 6.45) is 0. The molecule has 1 unspecified atom stereocenters. The first-order valence-electron chi connectivity index (χ1n) is 9.21. The van der Waals surface area contributed by atoms with Gasteiger partial charge in [0, 0.05) is 31.9 Å². The first-order chi connectivity index (χ1) is 13.0. The Morgan fingerprint density at radius 1 is 1.11 bits per heavy atom. The van der Waals surface area contributed by atoms with Gasteiger partial charge in [-0.05, 0) is 55.8 Å². The lowest BCUT2D eigenvalue weighted by Gasteiger charge is -2.38. The zero-order chi connectivity index (χ0) is 19.4. The van der Waals surface area contributed by atoms with Crippen LogP contribution in [0.25, 0.3) is 0 Å². The summed E-state index contributed by atoms with van der Waals surface area (Å²) in [4.78, 5) is 17.2. The van der Waals surface area contributed by atoms with Crippen LogP contribution >= 0.6 is 0 Å². The lowest BCUT2D eigenvalue weighted by molar-refractivity contribution is -0.120. The van der Waals surface area contributed by atoms with E-state index >= 15 is 0 Å². The minimum Gasteiger partial charge on any atom is -0.508 e. The highest BCUT2D eigenvalue weighted by Crippen LogP contribution is 2.26. The van der Waals surface area contributed by atoms with Gasteiger partial charge in [0.2, 0.25) is 5.91 Å². The summed E-state index contributed by atoms with van der Waals surface area (Å²) in [5.41, 5.74) is 2.87. The van der Waals surface area contributed by atoms with Crippen molar-refractivity contribution in [1.29, 1.82) is 0 Å². The number of nitrogens with one attached hydrogen (secondary N) is 1. The predicted molar refractivity (Wildman–Crippen MR) is 108 cm³/mol. The molecule has 1 saturated heterocycles. The van der Waals surface area contributed by atoms with Crippen LogP contribution in [0.2, 0.25) is 0 Å². The normalized spacial score (nSPS) is 16.0. The molecular weight excluding hydrogens is 342 g/mol. The third kappa shape index (κ3) is 4.52. The largest absolute Gasteiger partial charge is 0.508 e. The zero-order valence-electron chi connectivity index (χ0n) is 16.1. The van der Waals surface area contributed by atoms with Gasteiger partial charge in [-0.15, -0.1) is 0 Å². The molecule has 0 spiro atoms. The van der Waals surface area contributed by atoms with Crippen LogP contribution in [-0.2, 0) is 4.79 Å². The summed E-state index contributed by atoms with van der Waals surface area (Å²) in [7, 11) is 1.60. The molecule has 0 saturated carbocycles. The van der Waals surface area contributed by atoms with Crippen LogP contribution < -0.4 is 15.0 Å². The first-order valence-corrected chi connectivity index (χ1v) is 9.21. The molecule has 1 atom stereocenters. The Hall–Kier alpha value is -2.73. The van der Waals surface area contributed by atoms with Crippen molar-refractivity contribution in [2.24, 2.45) is 0 Å². The molecule has 27 heavy (non-hydrogen) atoms. The number of benzene rings is 2. The van der Waals surface area contributed by atoms with Crippen molar-refractivity contribution in [3.8, 4) is 11.5 Å². The number of methoxy groups -OCH3 is 1. The van der Waals surface area contributed by atoms with Gasteiger partial charge in [-0.2, -0.15) is 0 Å². The highest BCUT2D eigenvalue weighted by atomic mass is 16.5. The van der Waals surface area contributed by atoms with Crippen molar-refractivity contribution in [3.05, 3.63) is 48.0 Å². The zero-order valence-corrected chi connectivity index (χ0v) is 16.1. The standard InChI is InChI=1S/C21H27N3O3/c1-15-4-9-20(27-3)19(14-15)22-21(26)16(2)23-10-12-24(13-11-23)17-5-7-18(25)8-6-17/h4-9,14,16,25H,10-13H2,1-3H3,(H,22,26). The number of piperazine rings is 1. The molecule has 2 N–H and O–H groups in total. The second-order valence-electron chi connectivity index (χ2n) is 6.91. The van der Waals surface area contributed by atoms with Gasteiger partial charge in [-0.3, -0.25) is 9.69 Å². The molecule has 144 valence electrons. The number of hydrogen-bond acceptors (Lipinski definition) is 5. The third-order valence-corrected chi connectivity index (χ3v) is 5.07. The Labute approximate surface area is 160 Å². The summed E-state index contributed by atoms with van der Waals surface area (Å²) < 4.78 is 5.35. The maximum atomic E-state index is 12.7. The quantitative estimate of drug-likeness (QED) is 0.848. The molecule has 0 bridgehead atoms. The second kappa shape index (κ2) is 8.31. The number of anilines is 2. The minimum absolute atomic E-state index is 0.0306. The van der Waals surface area contributed by atoms with E-state index in [1.807, 2.05) is 44.2 Å². The molecule has 0 aromatic heterocycles. The minimum atomic E-state index is -0.225. The van der Waals surface area contributed by atoms with Gasteiger partial charge in [-0.1, -0.05) is 6.07 Å². The Bertz CT molecular complexity index is 784. The number of nitrogens with zero attached hydrogens (tertiary/aromatic N) is 2. The number of carbonyl (C=O) groups is 1. The van der Waals surface area contributed by atoms with Crippen LogP contribution in [0, 0.1) is 6.92 Å². The van der Waals surface area contributed by atoms with Gasteiger partial charge in [-0.25, -0.2) is 0 Å². The number of ether oxygens (including phenoxy) is 1. The molecule has 1 fully saturated rings. The molecule has 6 heteroatoms. The summed E-state index contributed by atoms with van der Waals surface area (Å²) in [5, 5.41) is 12.4. The first kappa shape index (κ1) is 19.0. The fraction of sp³-hybridized carbons (Fsp3) is 0.381. The number of aryl methyl sites for hydroxylation is 1. The van der Waals surface area contributed by atoms with E-state index in [9.17, 15) is 9.90 Å². The van der Waals surface area contributed by atoms with Gasteiger partial charge in [0.15, 0.2) is 0 Å². The average molecular weight is 369 g/mol. The van der Waals surface area contributed by atoms with E-state index in [0.717, 1.165) is 37.4 Å². The fourth-order valence-corrected chi connectivity index (χ4v) is 3.35. The van der Waals surface area contributed by atoms with Crippen molar-refractivity contribution < 1.29 is 14.6 Å². The molecule has 3 rings (SSSR count). The molecule has 1 aliphatic heterocycles. The third-order valence-electron chi connectivity index (χ3n) is 5.07. The highest BCUT2D eigenvalue weighted by Gasteiger charge is 2.26.